The summed E-state index contributed by atoms with van der Waals surface area (Å²) in [5, 5.41) is 3.32. The van der Waals surface area contributed by atoms with Gasteiger partial charge in [-0.15, -0.1) is 0 Å². The van der Waals surface area contributed by atoms with Gasteiger partial charge in [-0.25, -0.2) is 13.2 Å². The van der Waals surface area contributed by atoms with Crippen LogP contribution >= 0.6 is 11.6 Å². The van der Waals surface area contributed by atoms with Crippen molar-refractivity contribution in [3.8, 4) is 0 Å². The lowest BCUT2D eigenvalue weighted by Gasteiger charge is -2.17. The van der Waals surface area contributed by atoms with E-state index in [1.54, 1.807) is 32.2 Å². The Balaban J connectivity index is 2.42. The molecule has 0 unspecified atom stereocenters. The highest BCUT2D eigenvalue weighted by molar-refractivity contribution is 7.91. The Morgan fingerprint density at radius 3 is 2.70 bits per heavy atom. The highest BCUT2D eigenvalue weighted by Gasteiger charge is 2.13. The zero-order valence-electron chi connectivity index (χ0n) is 11.6. The van der Waals surface area contributed by atoms with Crippen LogP contribution in [-0.2, 0) is 16.4 Å². The van der Waals surface area contributed by atoms with Crippen molar-refractivity contribution in [1.82, 2.24) is 10.2 Å². The first-order chi connectivity index (χ1) is 9.34. The Bertz CT molecular complexity index is 560. The minimum absolute atomic E-state index is 0.0232. The van der Waals surface area contributed by atoms with Crippen LogP contribution in [0.15, 0.2) is 24.3 Å². The van der Waals surface area contributed by atoms with Crippen molar-refractivity contribution in [3.05, 3.63) is 34.9 Å². The standard InChI is InChI=1S/C13H19ClN2O3S/c1-3-20(18,19)8-7-16(2)13(17)15-10-11-5-4-6-12(14)9-11/h4-6,9H,3,7-8,10H2,1-2H3,(H,15,17). The Hall–Kier alpha value is -1.27. The zero-order chi connectivity index (χ0) is 15.2. The van der Waals surface area contributed by atoms with Gasteiger partial charge in [-0.1, -0.05) is 30.7 Å². The van der Waals surface area contributed by atoms with E-state index in [0.29, 0.717) is 11.6 Å². The van der Waals surface area contributed by atoms with Crippen LogP contribution < -0.4 is 5.32 Å². The van der Waals surface area contributed by atoms with Gasteiger partial charge in [0.2, 0.25) is 0 Å². The quantitative estimate of drug-likeness (QED) is 0.871. The first kappa shape index (κ1) is 16.8. The molecule has 0 aromatic heterocycles. The lowest BCUT2D eigenvalue weighted by atomic mass is 10.2. The number of benzene rings is 1. The molecule has 0 aliphatic heterocycles. The van der Waals surface area contributed by atoms with Crippen molar-refractivity contribution in [2.24, 2.45) is 0 Å². The van der Waals surface area contributed by atoms with Crippen molar-refractivity contribution in [2.75, 3.05) is 25.1 Å². The molecule has 0 fully saturated rings. The van der Waals surface area contributed by atoms with E-state index in [1.807, 2.05) is 6.07 Å². The van der Waals surface area contributed by atoms with Gasteiger partial charge in [0.1, 0.15) is 0 Å². The lowest BCUT2D eigenvalue weighted by Crippen LogP contribution is -2.39. The highest BCUT2D eigenvalue weighted by atomic mass is 35.5. The van der Waals surface area contributed by atoms with Crippen molar-refractivity contribution in [3.63, 3.8) is 0 Å². The average molecular weight is 319 g/mol. The Morgan fingerprint density at radius 1 is 1.40 bits per heavy atom. The van der Waals surface area contributed by atoms with Crippen LogP contribution in [0.3, 0.4) is 0 Å². The maximum Gasteiger partial charge on any atom is 0.317 e. The van der Waals surface area contributed by atoms with Crippen molar-refractivity contribution in [1.29, 1.82) is 0 Å². The number of rotatable bonds is 6. The molecule has 0 saturated heterocycles. The van der Waals surface area contributed by atoms with Gasteiger partial charge in [-0.05, 0) is 17.7 Å². The van der Waals surface area contributed by atoms with E-state index >= 15 is 0 Å². The number of urea groups is 1. The fourth-order valence-electron chi connectivity index (χ4n) is 1.48. The van der Waals surface area contributed by atoms with Gasteiger partial charge in [0, 0.05) is 30.9 Å². The fourth-order valence-corrected chi connectivity index (χ4v) is 2.54. The van der Waals surface area contributed by atoms with Gasteiger partial charge in [0.25, 0.3) is 0 Å². The first-order valence-electron chi connectivity index (χ1n) is 6.28. The number of carbonyl (C=O) groups excluding carboxylic acids is 1. The second kappa shape index (κ2) is 7.50. The molecular weight excluding hydrogens is 300 g/mol. The average Bonchev–Trinajstić information content (AvgIpc) is 2.42. The topological polar surface area (TPSA) is 66.5 Å². The number of nitrogens with zero attached hydrogens (tertiary/aromatic N) is 1. The van der Waals surface area contributed by atoms with Crippen LogP contribution in [0.4, 0.5) is 4.79 Å². The summed E-state index contributed by atoms with van der Waals surface area (Å²) >= 11 is 5.85. The third kappa shape index (κ3) is 5.79. The van der Waals surface area contributed by atoms with Crippen LogP contribution in [-0.4, -0.2) is 44.4 Å². The number of sulfone groups is 1. The molecule has 20 heavy (non-hydrogen) atoms. The molecule has 5 nitrogen and oxygen atoms in total. The van der Waals surface area contributed by atoms with E-state index in [-0.39, 0.29) is 24.1 Å². The molecular formula is C13H19ClN2O3S. The third-order valence-corrected chi connectivity index (χ3v) is 4.78. The SMILES string of the molecule is CCS(=O)(=O)CCN(C)C(=O)NCc1cccc(Cl)c1. The Morgan fingerprint density at radius 2 is 2.10 bits per heavy atom. The molecule has 0 atom stereocenters. The van der Waals surface area contributed by atoms with E-state index in [2.05, 4.69) is 5.32 Å². The molecule has 1 rings (SSSR count). The molecule has 1 N–H and O–H groups in total. The van der Waals surface area contributed by atoms with E-state index in [9.17, 15) is 13.2 Å². The normalized spacial score (nSPS) is 11.2. The molecule has 1 aromatic carbocycles. The van der Waals surface area contributed by atoms with Crippen LogP contribution in [0.1, 0.15) is 12.5 Å². The van der Waals surface area contributed by atoms with Gasteiger partial charge >= 0.3 is 6.03 Å². The molecule has 0 saturated carbocycles. The Kier molecular flexibility index (Phi) is 6.29. The largest absolute Gasteiger partial charge is 0.334 e. The van der Waals surface area contributed by atoms with Gasteiger partial charge in [0.15, 0.2) is 9.84 Å². The van der Waals surface area contributed by atoms with Gasteiger partial charge < -0.3 is 10.2 Å². The second-order valence-corrected chi connectivity index (χ2v) is 7.36. The van der Waals surface area contributed by atoms with Crippen LogP contribution in [0.5, 0.6) is 0 Å². The van der Waals surface area contributed by atoms with Crippen molar-refractivity contribution in [2.45, 2.75) is 13.5 Å². The number of hydrogen-bond donors (Lipinski definition) is 1. The van der Waals surface area contributed by atoms with Crippen molar-refractivity contribution < 1.29 is 13.2 Å². The summed E-state index contributed by atoms with van der Waals surface area (Å²) in [6, 6.07) is 6.88. The number of amides is 2. The molecule has 0 spiro atoms. The summed E-state index contributed by atoms with van der Waals surface area (Å²) in [6.07, 6.45) is 0. The first-order valence-corrected chi connectivity index (χ1v) is 8.48. The van der Waals surface area contributed by atoms with Crippen LogP contribution in [0.2, 0.25) is 5.02 Å². The summed E-state index contributed by atoms with van der Waals surface area (Å²) in [5.41, 5.74) is 0.889. The molecule has 0 aliphatic rings. The maximum atomic E-state index is 11.8. The summed E-state index contributed by atoms with van der Waals surface area (Å²) in [7, 11) is -1.49. The van der Waals surface area contributed by atoms with Gasteiger partial charge in [-0.2, -0.15) is 0 Å². The van der Waals surface area contributed by atoms with Crippen LogP contribution in [0.25, 0.3) is 0 Å². The second-order valence-electron chi connectivity index (χ2n) is 4.45. The highest BCUT2D eigenvalue weighted by Crippen LogP contribution is 2.10. The summed E-state index contributed by atoms with van der Waals surface area (Å²) in [4.78, 5) is 13.2. The molecule has 112 valence electrons. The van der Waals surface area contributed by atoms with Crippen LogP contribution in [0, 0.1) is 0 Å². The smallest absolute Gasteiger partial charge is 0.317 e. The molecule has 0 bridgehead atoms. The summed E-state index contributed by atoms with van der Waals surface area (Å²) in [6.45, 7) is 2.12. The minimum atomic E-state index is -3.06. The maximum absolute atomic E-state index is 11.8. The number of carbonyl (C=O) groups is 1. The van der Waals surface area contributed by atoms with Gasteiger partial charge in [0.05, 0.1) is 5.75 Å². The van der Waals surface area contributed by atoms with Crippen molar-refractivity contribution >= 4 is 27.5 Å². The molecule has 0 aliphatic carbocycles. The molecule has 2 amide bonds. The molecule has 0 heterocycles. The minimum Gasteiger partial charge on any atom is -0.334 e. The van der Waals surface area contributed by atoms with E-state index in [0.717, 1.165) is 5.56 Å². The van der Waals surface area contributed by atoms with Gasteiger partial charge in [-0.3, -0.25) is 0 Å². The molecule has 0 radical (unpaired) electrons. The number of halogens is 1. The predicted octanol–water partition coefficient (Wildman–Crippen LogP) is 1.92. The Labute approximate surface area is 124 Å². The van der Waals surface area contributed by atoms with E-state index in [4.69, 9.17) is 11.6 Å². The fraction of sp³-hybridized carbons (Fsp3) is 0.462. The summed E-state index contributed by atoms with van der Waals surface area (Å²) in [5.74, 6) is 0.0650. The van der Waals surface area contributed by atoms with E-state index < -0.39 is 9.84 Å². The summed E-state index contributed by atoms with van der Waals surface area (Å²) < 4.78 is 22.7. The zero-order valence-corrected chi connectivity index (χ0v) is 13.2. The molecule has 1 aromatic rings. The van der Waals surface area contributed by atoms with E-state index in [1.165, 1.54) is 4.90 Å². The lowest BCUT2D eigenvalue weighted by molar-refractivity contribution is 0.211. The monoisotopic (exact) mass is 318 g/mol. The number of hydrogen-bond acceptors (Lipinski definition) is 3. The number of nitrogens with one attached hydrogen (secondary N) is 1. The third-order valence-electron chi connectivity index (χ3n) is 2.86. The molecule has 7 heteroatoms. The predicted molar refractivity (Wildman–Crippen MR) is 80.6 cm³/mol.